The number of rotatable bonds is 6. The molecule has 1 aromatic carbocycles. The average Bonchev–Trinajstić information content (AvgIpc) is 2.35. The van der Waals surface area contributed by atoms with Crippen LogP contribution in [-0.2, 0) is 0 Å². The van der Waals surface area contributed by atoms with Crippen LogP contribution < -0.4 is 5.32 Å². The summed E-state index contributed by atoms with van der Waals surface area (Å²) >= 11 is 5.95. The molecule has 0 aliphatic heterocycles. The molecule has 0 aliphatic rings. The second kappa shape index (κ2) is 7.16. The van der Waals surface area contributed by atoms with Crippen LogP contribution in [0.15, 0.2) is 24.3 Å². The van der Waals surface area contributed by atoms with Crippen LogP contribution in [-0.4, -0.2) is 6.04 Å². The number of hydrogen-bond donors (Lipinski definition) is 1. The quantitative estimate of drug-likeness (QED) is 0.760. The SMILES string of the molecule is CCC(C)C(C)NC(c1ccc(Cl)cc1)C(C)C. The fraction of sp³-hybridized carbons (Fsp3) is 0.625. The Hall–Kier alpha value is -0.530. The number of halogens is 1. The van der Waals surface area contributed by atoms with Crippen LogP contribution in [0.5, 0.6) is 0 Å². The summed E-state index contributed by atoms with van der Waals surface area (Å²) in [6.45, 7) is 11.3. The van der Waals surface area contributed by atoms with E-state index in [1.54, 1.807) is 0 Å². The molecular weight excluding hydrogens is 242 g/mol. The Kier molecular flexibility index (Phi) is 6.17. The van der Waals surface area contributed by atoms with Crippen LogP contribution in [0.1, 0.15) is 52.6 Å². The third kappa shape index (κ3) is 4.29. The predicted molar refractivity (Wildman–Crippen MR) is 81.1 cm³/mol. The number of hydrogen-bond acceptors (Lipinski definition) is 1. The molecule has 0 spiro atoms. The topological polar surface area (TPSA) is 12.0 Å². The Morgan fingerprint density at radius 2 is 1.61 bits per heavy atom. The van der Waals surface area contributed by atoms with Crippen molar-refractivity contribution in [1.82, 2.24) is 5.32 Å². The largest absolute Gasteiger partial charge is 0.307 e. The molecule has 0 saturated carbocycles. The Morgan fingerprint density at radius 3 is 2.06 bits per heavy atom. The van der Waals surface area contributed by atoms with Crippen molar-refractivity contribution in [2.45, 2.75) is 53.1 Å². The molecule has 1 aromatic rings. The first-order chi connectivity index (χ1) is 8.45. The van der Waals surface area contributed by atoms with Crippen LogP contribution in [0.25, 0.3) is 0 Å². The van der Waals surface area contributed by atoms with Crippen molar-refractivity contribution in [2.24, 2.45) is 11.8 Å². The van der Waals surface area contributed by atoms with E-state index >= 15 is 0 Å². The summed E-state index contributed by atoms with van der Waals surface area (Å²) in [6, 6.07) is 9.13. The van der Waals surface area contributed by atoms with Crippen LogP contribution >= 0.6 is 11.6 Å². The molecule has 0 bridgehead atoms. The molecule has 3 unspecified atom stereocenters. The maximum absolute atomic E-state index is 5.95. The number of nitrogens with one attached hydrogen (secondary N) is 1. The van der Waals surface area contributed by atoms with Gasteiger partial charge in [-0.25, -0.2) is 0 Å². The van der Waals surface area contributed by atoms with Crippen molar-refractivity contribution in [3.8, 4) is 0 Å². The second-order valence-corrected chi connectivity index (χ2v) is 6.05. The van der Waals surface area contributed by atoms with Crippen molar-refractivity contribution in [1.29, 1.82) is 0 Å². The fourth-order valence-electron chi connectivity index (χ4n) is 2.14. The molecule has 2 heteroatoms. The van der Waals surface area contributed by atoms with Gasteiger partial charge in [-0.05, 0) is 36.5 Å². The van der Waals surface area contributed by atoms with Gasteiger partial charge in [0.2, 0.25) is 0 Å². The summed E-state index contributed by atoms with van der Waals surface area (Å²) in [6.07, 6.45) is 1.21. The van der Waals surface area contributed by atoms with Crippen molar-refractivity contribution < 1.29 is 0 Å². The monoisotopic (exact) mass is 267 g/mol. The second-order valence-electron chi connectivity index (χ2n) is 5.61. The lowest BCUT2D eigenvalue weighted by Crippen LogP contribution is -2.37. The molecule has 0 fully saturated rings. The van der Waals surface area contributed by atoms with E-state index in [-0.39, 0.29) is 0 Å². The van der Waals surface area contributed by atoms with Gasteiger partial charge in [0.1, 0.15) is 0 Å². The molecule has 102 valence electrons. The predicted octanol–water partition coefficient (Wildman–Crippen LogP) is 5.06. The Morgan fingerprint density at radius 1 is 1.06 bits per heavy atom. The molecule has 1 rings (SSSR count). The Labute approximate surface area is 117 Å². The van der Waals surface area contributed by atoms with E-state index in [2.05, 4.69) is 52.1 Å². The average molecular weight is 268 g/mol. The molecule has 0 heterocycles. The summed E-state index contributed by atoms with van der Waals surface area (Å²) in [4.78, 5) is 0. The van der Waals surface area contributed by atoms with E-state index in [0.717, 1.165) is 5.02 Å². The zero-order valence-electron chi connectivity index (χ0n) is 12.2. The summed E-state index contributed by atoms with van der Waals surface area (Å²) < 4.78 is 0. The van der Waals surface area contributed by atoms with Crippen molar-refractivity contribution >= 4 is 11.6 Å². The van der Waals surface area contributed by atoms with E-state index in [4.69, 9.17) is 11.6 Å². The first-order valence-corrected chi connectivity index (χ1v) is 7.35. The zero-order valence-corrected chi connectivity index (χ0v) is 13.0. The number of benzene rings is 1. The fourth-order valence-corrected chi connectivity index (χ4v) is 2.27. The van der Waals surface area contributed by atoms with Gasteiger partial charge >= 0.3 is 0 Å². The van der Waals surface area contributed by atoms with Gasteiger partial charge in [0.05, 0.1) is 0 Å². The lowest BCUT2D eigenvalue weighted by atomic mass is 9.92. The van der Waals surface area contributed by atoms with Gasteiger partial charge < -0.3 is 5.32 Å². The van der Waals surface area contributed by atoms with Crippen molar-refractivity contribution in [2.75, 3.05) is 0 Å². The lowest BCUT2D eigenvalue weighted by molar-refractivity contribution is 0.308. The van der Waals surface area contributed by atoms with Crippen molar-refractivity contribution in [3.63, 3.8) is 0 Å². The highest BCUT2D eigenvalue weighted by Crippen LogP contribution is 2.25. The van der Waals surface area contributed by atoms with Crippen LogP contribution in [0.2, 0.25) is 5.02 Å². The molecule has 1 nitrogen and oxygen atoms in total. The Balaban J connectivity index is 2.80. The third-order valence-corrected chi connectivity index (χ3v) is 4.09. The van der Waals surface area contributed by atoms with Gasteiger partial charge in [0.15, 0.2) is 0 Å². The van der Waals surface area contributed by atoms with Gasteiger partial charge in [0, 0.05) is 17.1 Å². The smallest absolute Gasteiger partial charge is 0.0406 e. The molecule has 0 aliphatic carbocycles. The molecular formula is C16H26ClN. The van der Waals surface area contributed by atoms with E-state index in [1.165, 1.54) is 12.0 Å². The summed E-state index contributed by atoms with van der Waals surface area (Å²) in [5.74, 6) is 1.26. The molecule has 0 saturated heterocycles. The first-order valence-electron chi connectivity index (χ1n) is 6.97. The summed E-state index contributed by atoms with van der Waals surface area (Å²) in [7, 11) is 0. The lowest BCUT2D eigenvalue weighted by Gasteiger charge is -2.30. The van der Waals surface area contributed by atoms with Gasteiger partial charge in [-0.3, -0.25) is 0 Å². The van der Waals surface area contributed by atoms with Gasteiger partial charge in [-0.2, -0.15) is 0 Å². The van der Waals surface area contributed by atoms with Crippen LogP contribution in [0.4, 0.5) is 0 Å². The van der Waals surface area contributed by atoms with E-state index in [0.29, 0.717) is 23.9 Å². The third-order valence-electron chi connectivity index (χ3n) is 3.84. The van der Waals surface area contributed by atoms with E-state index < -0.39 is 0 Å². The van der Waals surface area contributed by atoms with E-state index in [9.17, 15) is 0 Å². The van der Waals surface area contributed by atoms with Gasteiger partial charge in [-0.1, -0.05) is 57.8 Å². The molecule has 3 atom stereocenters. The Bertz CT molecular complexity index is 345. The van der Waals surface area contributed by atoms with Crippen LogP contribution in [0.3, 0.4) is 0 Å². The maximum atomic E-state index is 5.95. The highest BCUT2D eigenvalue weighted by Gasteiger charge is 2.20. The normalized spacial score (nSPS) is 16.6. The van der Waals surface area contributed by atoms with Crippen LogP contribution in [0, 0.1) is 11.8 Å². The van der Waals surface area contributed by atoms with Gasteiger partial charge in [-0.15, -0.1) is 0 Å². The van der Waals surface area contributed by atoms with Crippen molar-refractivity contribution in [3.05, 3.63) is 34.9 Å². The maximum Gasteiger partial charge on any atom is 0.0406 e. The molecule has 18 heavy (non-hydrogen) atoms. The highest BCUT2D eigenvalue weighted by atomic mass is 35.5. The molecule has 0 amide bonds. The molecule has 1 N–H and O–H groups in total. The van der Waals surface area contributed by atoms with E-state index in [1.807, 2.05) is 12.1 Å². The molecule has 0 radical (unpaired) electrons. The molecule has 0 aromatic heterocycles. The minimum atomic E-state index is 0.395. The summed E-state index contributed by atoms with van der Waals surface area (Å²) in [5, 5.41) is 4.56. The highest BCUT2D eigenvalue weighted by molar-refractivity contribution is 6.30. The zero-order chi connectivity index (χ0) is 13.7. The standard InChI is InChI=1S/C16H26ClN/c1-6-12(4)13(5)18-16(11(2)3)14-7-9-15(17)10-8-14/h7-13,16,18H,6H2,1-5H3. The minimum Gasteiger partial charge on any atom is -0.307 e. The summed E-state index contributed by atoms with van der Waals surface area (Å²) in [5.41, 5.74) is 1.32. The first kappa shape index (κ1) is 15.5. The minimum absolute atomic E-state index is 0.395. The van der Waals surface area contributed by atoms with Gasteiger partial charge in [0.25, 0.3) is 0 Å².